The fraction of sp³-hybridized carbons (Fsp3) is 0.125. The molecular formula is C16H13ClF3N3O2. The zero-order valence-corrected chi connectivity index (χ0v) is 13.4. The second-order valence-electron chi connectivity index (χ2n) is 4.91. The number of amides is 3. The lowest BCUT2D eigenvalue weighted by atomic mass is 10.2. The number of rotatable bonds is 4. The van der Waals surface area contributed by atoms with Crippen molar-refractivity contribution in [2.75, 3.05) is 17.2 Å². The Bertz CT molecular complexity index is 767. The number of hydrogen-bond acceptors (Lipinski definition) is 2. The Morgan fingerprint density at radius 1 is 0.960 bits per heavy atom. The number of urea groups is 1. The fourth-order valence-corrected chi connectivity index (χ4v) is 2.11. The molecule has 5 nitrogen and oxygen atoms in total. The van der Waals surface area contributed by atoms with Gasteiger partial charge in [-0.25, -0.2) is 4.79 Å². The molecule has 25 heavy (non-hydrogen) atoms. The summed E-state index contributed by atoms with van der Waals surface area (Å²) in [7, 11) is 0. The van der Waals surface area contributed by atoms with Gasteiger partial charge in [0.25, 0.3) is 0 Å². The number of alkyl halides is 3. The number of hydrogen-bond donors (Lipinski definition) is 3. The van der Waals surface area contributed by atoms with E-state index in [4.69, 9.17) is 11.6 Å². The Hall–Kier alpha value is -2.74. The van der Waals surface area contributed by atoms with E-state index in [-0.39, 0.29) is 5.69 Å². The molecule has 132 valence electrons. The van der Waals surface area contributed by atoms with Crippen molar-refractivity contribution in [1.82, 2.24) is 5.32 Å². The summed E-state index contributed by atoms with van der Waals surface area (Å²) in [6.45, 7) is -0.414. The molecule has 0 aliphatic rings. The number of carbonyl (C=O) groups is 2. The van der Waals surface area contributed by atoms with Gasteiger partial charge in [0.15, 0.2) is 0 Å². The van der Waals surface area contributed by atoms with Crippen LogP contribution < -0.4 is 16.0 Å². The Kier molecular flexibility index (Phi) is 5.87. The Morgan fingerprint density at radius 2 is 1.64 bits per heavy atom. The molecule has 0 unspecified atom stereocenters. The van der Waals surface area contributed by atoms with E-state index in [1.54, 1.807) is 30.3 Å². The molecule has 9 heteroatoms. The first-order valence-electron chi connectivity index (χ1n) is 7.02. The Labute approximate surface area is 146 Å². The summed E-state index contributed by atoms with van der Waals surface area (Å²) in [6.07, 6.45) is -4.63. The van der Waals surface area contributed by atoms with Crippen LogP contribution >= 0.6 is 11.6 Å². The van der Waals surface area contributed by atoms with Crippen LogP contribution in [0.4, 0.5) is 29.3 Å². The zero-order valence-electron chi connectivity index (χ0n) is 12.7. The van der Waals surface area contributed by atoms with Crippen LogP contribution in [0.3, 0.4) is 0 Å². The van der Waals surface area contributed by atoms with Gasteiger partial charge < -0.3 is 16.0 Å². The Morgan fingerprint density at radius 3 is 2.28 bits per heavy atom. The highest BCUT2D eigenvalue weighted by molar-refractivity contribution is 6.31. The molecule has 0 radical (unpaired) electrons. The zero-order chi connectivity index (χ0) is 18.4. The predicted octanol–water partition coefficient (Wildman–Crippen LogP) is 4.12. The van der Waals surface area contributed by atoms with Crippen molar-refractivity contribution in [1.29, 1.82) is 0 Å². The molecule has 2 rings (SSSR count). The summed E-state index contributed by atoms with van der Waals surface area (Å²) in [5.41, 5.74) is -0.596. The molecule has 0 heterocycles. The molecule has 0 fully saturated rings. The largest absolute Gasteiger partial charge is 0.417 e. The average Bonchev–Trinajstić information content (AvgIpc) is 2.55. The van der Waals surface area contributed by atoms with Crippen molar-refractivity contribution >= 4 is 34.9 Å². The number of anilines is 2. The van der Waals surface area contributed by atoms with E-state index in [0.717, 1.165) is 12.1 Å². The average molecular weight is 372 g/mol. The summed E-state index contributed by atoms with van der Waals surface area (Å²) in [5, 5.41) is 6.59. The molecule has 2 aromatic rings. The highest BCUT2D eigenvalue weighted by atomic mass is 35.5. The molecule has 0 spiro atoms. The van der Waals surface area contributed by atoms with E-state index < -0.39 is 35.2 Å². The van der Waals surface area contributed by atoms with Gasteiger partial charge in [-0.15, -0.1) is 0 Å². The summed E-state index contributed by atoms with van der Waals surface area (Å²) < 4.78 is 38.3. The minimum Gasteiger partial charge on any atom is -0.329 e. The third kappa shape index (κ3) is 5.68. The van der Waals surface area contributed by atoms with Gasteiger partial charge in [-0.2, -0.15) is 13.2 Å². The van der Waals surface area contributed by atoms with Gasteiger partial charge in [-0.3, -0.25) is 4.79 Å². The van der Waals surface area contributed by atoms with Gasteiger partial charge in [-0.05, 0) is 30.3 Å². The van der Waals surface area contributed by atoms with Crippen LogP contribution in [0.5, 0.6) is 0 Å². The van der Waals surface area contributed by atoms with Crippen LogP contribution in [0.25, 0.3) is 0 Å². The molecule has 2 aromatic carbocycles. The Balaban J connectivity index is 1.89. The monoisotopic (exact) mass is 371 g/mol. The van der Waals surface area contributed by atoms with Gasteiger partial charge >= 0.3 is 12.2 Å². The molecule has 0 aliphatic carbocycles. The topological polar surface area (TPSA) is 70.2 Å². The second kappa shape index (κ2) is 7.89. The third-order valence-electron chi connectivity index (χ3n) is 3.00. The van der Waals surface area contributed by atoms with E-state index in [9.17, 15) is 22.8 Å². The lowest BCUT2D eigenvalue weighted by Crippen LogP contribution is -2.35. The number of nitrogens with one attached hydrogen (secondary N) is 3. The van der Waals surface area contributed by atoms with Crippen LogP contribution in [0.15, 0.2) is 48.5 Å². The molecule has 0 atom stereocenters. The van der Waals surface area contributed by atoms with Gasteiger partial charge in [0, 0.05) is 11.4 Å². The molecule has 0 aromatic heterocycles. The quantitative estimate of drug-likeness (QED) is 0.756. The molecule has 0 aliphatic heterocycles. The number of halogens is 4. The van der Waals surface area contributed by atoms with E-state index in [1.165, 1.54) is 6.07 Å². The van der Waals surface area contributed by atoms with Gasteiger partial charge in [0.05, 0.1) is 17.1 Å². The molecule has 3 N–H and O–H groups in total. The first kappa shape index (κ1) is 18.6. The third-order valence-corrected chi connectivity index (χ3v) is 3.33. The van der Waals surface area contributed by atoms with Crippen molar-refractivity contribution in [3.05, 3.63) is 59.1 Å². The first-order chi connectivity index (χ1) is 11.8. The van der Waals surface area contributed by atoms with E-state index in [1.807, 2.05) is 0 Å². The summed E-state index contributed by atoms with van der Waals surface area (Å²) in [5.74, 6) is -0.682. The van der Waals surface area contributed by atoms with Crippen LogP contribution in [0.1, 0.15) is 5.56 Å². The molecule has 3 amide bonds. The highest BCUT2D eigenvalue weighted by Gasteiger charge is 2.33. The van der Waals surface area contributed by atoms with Gasteiger partial charge in [0.2, 0.25) is 5.91 Å². The maximum Gasteiger partial charge on any atom is 0.417 e. The minimum atomic E-state index is -4.63. The van der Waals surface area contributed by atoms with Crippen LogP contribution in [0.2, 0.25) is 5.02 Å². The highest BCUT2D eigenvalue weighted by Crippen LogP contribution is 2.36. The number of benzene rings is 2. The summed E-state index contributed by atoms with van der Waals surface area (Å²) >= 11 is 5.50. The van der Waals surface area contributed by atoms with E-state index in [2.05, 4.69) is 16.0 Å². The number of para-hydroxylation sites is 1. The maximum atomic E-state index is 12.8. The maximum absolute atomic E-state index is 12.8. The van der Waals surface area contributed by atoms with Crippen LogP contribution in [0, 0.1) is 0 Å². The molecular weight excluding hydrogens is 359 g/mol. The van der Waals surface area contributed by atoms with Gasteiger partial charge in [0.1, 0.15) is 0 Å². The normalized spacial score (nSPS) is 10.9. The lowest BCUT2D eigenvalue weighted by molar-refractivity contribution is -0.137. The van der Waals surface area contributed by atoms with Crippen LogP contribution in [-0.4, -0.2) is 18.5 Å². The number of carbonyl (C=O) groups excluding carboxylic acids is 2. The lowest BCUT2D eigenvalue weighted by Gasteiger charge is -2.12. The predicted molar refractivity (Wildman–Crippen MR) is 88.5 cm³/mol. The smallest absolute Gasteiger partial charge is 0.329 e. The minimum absolute atomic E-state index is 0.0769. The molecule has 0 saturated heterocycles. The van der Waals surface area contributed by atoms with E-state index >= 15 is 0 Å². The van der Waals surface area contributed by atoms with E-state index in [0.29, 0.717) is 5.69 Å². The van der Waals surface area contributed by atoms with Crippen molar-refractivity contribution in [3.63, 3.8) is 0 Å². The first-order valence-corrected chi connectivity index (χ1v) is 7.40. The SMILES string of the molecule is O=C(CNC(=O)Nc1ccccc1)Nc1ccc(Cl)c(C(F)(F)F)c1. The standard InChI is InChI=1S/C16H13ClF3N3O2/c17-13-7-6-11(8-12(13)16(18,19)20)22-14(24)9-21-15(25)23-10-4-2-1-3-5-10/h1-8H,9H2,(H,22,24)(H2,21,23,25). The molecule has 0 saturated carbocycles. The molecule has 0 bridgehead atoms. The van der Waals surface area contributed by atoms with Crippen molar-refractivity contribution < 1.29 is 22.8 Å². The summed E-state index contributed by atoms with van der Waals surface area (Å²) in [6, 6.07) is 10.9. The van der Waals surface area contributed by atoms with Gasteiger partial charge in [-0.1, -0.05) is 29.8 Å². The fourth-order valence-electron chi connectivity index (χ4n) is 1.88. The van der Waals surface area contributed by atoms with Crippen molar-refractivity contribution in [3.8, 4) is 0 Å². The van der Waals surface area contributed by atoms with Crippen LogP contribution in [-0.2, 0) is 11.0 Å². The van der Waals surface area contributed by atoms with Crippen molar-refractivity contribution in [2.45, 2.75) is 6.18 Å². The second-order valence-corrected chi connectivity index (χ2v) is 5.32. The van der Waals surface area contributed by atoms with Crippen molar-refractivity contribution in [2.24, 2.45) is 0 Å². The summed E-state index contributed by atoms with van der Waals surface area (Å²) in [4.78, 5) is 23.4.